The summed E-state index contributed by atoms with van der Waals surface area (Å²) >= 11 is 0. The molecule has 106 valence electrons. The second-order valence-electron chi connectivity index (χ2n) is 6.98. The summed E-state index contributed by atoms with van der Waals surface area (Å²) in [5.74, 6) is 1.04. The Kier molecular flexibility index (Phi) is 3.91. The van der Waals surface area contributed by atoms with Gasteiger partial charge >= 0.3 is 0 Å². The van der Waals surface area contributed by atoms with Gasteiger partial charge in [0.1, 0.15) is 5.75 Å². The lowest BCUT2D eigenvalue weighted by molar-refractivity contribution is 0.398. The van der Waals surface area contributed by atoms with Crippen molar-refractivity contribution in [2.45, 2.75) is 45.4 Å². The zero-order valence-corrected chi connectivity index (χ0v) is 13.0. The molecule has 1 aliphatic carbocycles. The summed E-state index contributed by atoms with van der Waals surface area (Å²) in [5.41, 5.74) is 3.42. The van der Waals surface area contributed by atoms with E-state index < -0.39 is 0 Å². The molecule has 1 N–H and O–H groups in total. The molecule has 0 atom stereocenters. The SMILES string of the molecule is CNCC1(Cc2cc(C(C)(C)C)ccc2OC)CC1. The summed E-state index contributed by atoms with van der Waals surface area (Å²) in [4.78, 5) is 0. The van der Waals surface area contributed by atoms with Crippen molar-refractivity contribution < 1.29 is 4.74 Å². The fraction of sp³-hybridized carbons (Fsp3) is 0.647. The van der Waals surface area contributed by atoms with Crippen LogP contribution in [0.2, 0.25) is 0 Å². The van der Waals surface area contributed by atoms with Crippen molar-refractivity contribution in [3.63, 3.8) is 0 Å². The zero-order chi connectivity index (χ0) is 14.1. The normalized spacial score (nSPS) is 17.3. The van der Waals surface area contributed by atoms with Gasteiger partial charge in [0.2, 0.25) is 0 Å². The van der Waals surface area contributed by atoms with E-state index in [9.17, 15) is 0 Å². The highest BCUT2D eigenvalue weighted by atomic mass is 16.5. The lowest BCUT2D eigenvalue weighted by Gasteiger charge is -2.23. The molecule has 0 bridgehead atoms. The van der Waals surface area contributed by atoms with Crippen molar-refractivity contribution in [3.8, 4) is 5.75 Å². The van der Waals surface area contributed by atoms with Crippen LogP contribution in [0.1, 0.15) is 44.7 Å². The molecule has 2 nitrogen and oxygen atoms in total. The largest absolute Gasteiger partial charge is 0.496 e. The number of benzene rings is 1. The Balaban J connectivity index is 2.27. The number of nitrogens with one attached hydrogen (secondary N) is 1. The Hall–Kier alpha value is -1.02. The van der Waals surface area contributed by atoms with Gasteiger partial charge in [0, 0.05) is 6.54 Å². The van der Waals surface area contributed by atoms with Crippen LogP contribution < -0.4 is 10.1 Å². The predicted octanol–water partition coefficient (Wildman–Crippen LogP) is 3.53. The van der Waals surface area contributed by atoms with Gasteiger partial charge in [0.25, 0.3) is 0 Å². The van der Waals surface area contributed by atoms with E-state index >= 15 is 0 Å². The van der Waals surface area contributed by atoms with E-state index in [0.717, 1.165) is 18.7 Å². The average Bonchev–Trinajstić information content (AvgIpc) is 3.08. The lowest BCUT2D eigenvalue weighted by Crippen LogP contribution is -2.22. The summed E-state index contributed by atoms with van der Waals surface area (Å²) in [5, 5.41) is 3.33. The molecule has 19 heavy (non-hydrogen) atoms. The molecular weight excluding hydrogens is 234 g/mol. The molecule has 1 aromatic rings. The van der Waals surface area contributed by atoms with Gasteiger partial charge in [0.15, 0.2) is 0 Å². The molecular formula is C17H27NO. The molecule has 1 aromatic carbocycles. The molecule has 0 aliphatic heterocycles. The molecule has 0 radical (unpaired) electrons. The maximum atomic E-state index is 5.54. The van der Waals surface area contributed by atoms with Crippen molar-refractivity contribution in [2.24, 2.45) is 5.41 Å². The summed E-state index contributed by atoms with van der Waals surface area (Å²) in [7, 11) is 3.82. The van der Waals surface area contributed by atoms with E-state index in [2.05, 4.69) is 44.3 Å². The van der Waals surface area contributed by atoms with Gasteiger partial charge in [-0.15, -0.1) is 0 Å². The highest BCUT2D eigenvalue weighted by Gasteiger charge is 2.42. The Morgan fingerprint density at radius 3 is 2.42 bits per heavy atom. The van der Waals surface area contributed by atoms with Crippen molar-refractivity contribution >= 4 is 0 Å². The van der Waals surface area contributed by atoms with Gasteiger partial charge in [-0.05, 0) is 54.3 Å². The standard InChI is InChI=1S/C17H27NO/c1-16(2,3)14-6-7-15(19-5)13(10-14)11-17(8-9-17)12-18-4/h6-7,10,18H,8-9,11-12H2,1-5H3. The third-order valence-electron chi connectivity index (χ3n) is 4.22. The van der Waals surface area contributed by atoms with Crippen LogP contribution in [0.25, 0.3) is 0 Å². The van der Waals surface area contributed by atoms with Gasteiger partial charge in [0.05, 0.1) is 7.11 Å². The maximum absolute atomic E-state index is 5.54. The van der Waals surface area contributed by atoms with E-state index in [1.807, 2.05) is 7.05 Å². The molecule has 1 saturated carbocycles. The number of methoxy groups -OCH3 is 1. The highest BCUT2D eigenvalue weighted by Crippen LogP contribution is 2.49. The first-order chi connectivity index (χ1) is 8.90. The van der Waals surface area contributed by atoms with E-state index in [1.165, 1.54) is 24.0 Å². The zero-order valence-electron chi connectivity index (χ0n) is 13.0. The van der Waals surface area contributed by atoms with E-state index in [4.69, 9.17) is 4.74 Å². The van der Waals surface area contributed by atoms with Crippen molar-refractivity contribution in [1.82, 2.24) is 5.32 Å². The average molecular weight is 261 g/mol. The number of rotatable bonds is 5. The quantitative estimate of drug-likeness (QED) is 0.875. The van der Waals surface area contributed by atoms with E-state index in [0.29, 0.717) is 5.41 Å². The van der Waals surface area contributed by atoms with Crippen LogP contribution in [0.15, 0.2) is 18.2 Å². The first-order valence-corrected chi connectivity index (χ1v) is 7.22. The minimum Gasteiger partial charge on any atom is -0.496 e. The summed E-state index contributed by atoms with van der Waals surface area (Å²) in [6, 6.07) is 6.67. The van der Waals surface area contributed by atoms with Crippen LogP contribution in [0.3, 0.4) is 0 Å². The van der Waals surface area contributed by atoms with Gasteiger partial charge in [-0.3, -0.25) is 0 Å². The molecule has 0 heterocycles. The topological polar surface area (TPSA) is 21.3 Å². The second-order valence-corrected chi connectivity index (χ2v) is 6.98. The summed E-state index contributed by atoms with van der Waals surface area (Å²) in [6.45, 7) is 7.90. The first kappa shape index (κ1) is 14.4. The molecule has 0 saturated heterocycles. The Labute approximate surface area is 117 Å². The van der Waals surface area contributed by atoms with Gasteiger partial charge < -0.3 is 10.1 Å². The van der Waals surface area contributed by atoms with Gasteiger partial charge in [-0.2, -0.15) is 0 Å². The van der Waals surface area contributed by atoms with Gasteiger partial charge in [-0.25, -0.2) is 0 Å². The number of hydrogen-bond acceptors (Lipinski definition) is 2. The van der Waals surface area contributed by atoms with Crippen LogP contribution in [0, 0.1) is 5.41 Å². The molecule has 2 rings (SSSR count). The predicted molar refractivity (Wildman–Crippen MR) is 81.0 cm³/mol. The molecule has 0 spiro atoms. The molecule has 0 amide bonds. The van der Waals surface area contributed by atoms with E-state index in [-0.39, 0.29) is 5.41 Å². The summed E-state index contributed by atoms with van der Waals surface area (Å²) in [6.07, 6.45) is 3.79. The Morgan fingerprint density at radius 1 is 1.26 bits per heavy atom. The van der Waals surface area contributed by atoms with Gasteiger partial charge in [-0.1, -0.05) is 32.9 Å². The number of ether oxygens (including phenoxy) is 1. The van der Waals surface area contributed by atoms with Crippen LogP contribution in [-0.2, 0) is 11.8 Å². The highest BCUT2D eigenvalue weighted by molar-refractivity contribution is 5.41. The monoisotopic (exact) mass is 261 g/mol. The maximum Gasteiger partial charge on any atom is 0.122 e. The van der Waals surface area contributed by atoms with Crippen molar-refractivity contribution in [3.05, 3.63) is 29.3 Å². The van der Waals surface area contributed by atoms with E-state index in [1.54, 1.807) is 7.11 Å². The Morgan fingerprint density at radius 2 is 1.95 bits per heavy atom. The summed E-state index contributed by atoms with van der Waals surface area (Å²) < 4.78 is 5.54. The molecule has 0 unspecified atom stereocenters. The minimum absolute atomic E-state index is 0.195. The smallest absolute Gasteiger partial charge is 0.122 e. The molecule has 0 aromatic heterocycles. The third kappa shape index (κ3) is 3.30. The number of hydrogen-bond donors (Lipinski definition) is 1. The minimum atomic E-state index is 0.195. The first-order valence-electron chi connectivity index (χ1n) is 7.22. The van der Waals surface area contributed by atoms with Crippen LogP contribution in [0.4, 0.5) is 0 Å². The van der Waals surface area contributed by atoms with Crippen LogP contribution in [-0.4, -0.2) is 20.7 Å². The lowest BCUT2D eigenvalue weighted by atomic mass is 9.84. The van der Waals surface area contributed by atoms with Crippen molar-refractivity contribution in [2.75, 3.05) is 20.7 Å². The fourth-order valence-electron chi connectivity index (χ4n) is 2.76. The second kappa shape index (κ2) is 5.16. The molecule has 1 fully saturated rings. The van der Waals surface area contributed by atoms with Crippen molar-refractivity contribution in [1.29, 1.82) is 0 Å². The third-order valence-corrected chi connectivity index (χ3v) is 4.22. The molecule has 1 aliphatic rings. The van der Waals surface area contributed by atoms with Crippen LogP contribution >= 0.6 is 0 Å². The van der Waals surface area contributed by atoms with Crippen LogP contribution in [0.5, 0.6) is 5.75 Å². The molecule has 2 heteroatoms. The fourth-order valence-corrected chi connectivity index (χ4v) is 2.76. The Bertz CT molecular complexity index is 441.